The van der Waals surface area contributed by atoms with Crippen molar-refractivity contribution in [3.05, 3.63) is 54.0 Å². The summed E-state index contributed by atoms with van der Waals surface area (Å²) in [6, 6.07) is 8.98. The van der Waals surface area contributed by atoms with Gasteiger partial charge in [0.2, 0.25) is 5.91 Å². The molecule has 3 aromatic rings. The van der Waals surface area contributed by atoms with Crippen LogP contribution in [0, 0.1) is 0 Å². The molecule has 2 N–H and O–H groups in total. The Labute approximate surface area is 156 Å². The highest BCUT2D eigenvalue weighted by molar-refractivity contribution is 5.97. The van der Waals surface area contributed by atoms with E-state index in [-0.39, 0.29) is 11.8 Å². The van der Waals surface area contributed by atoms with Gasteiger partial charge in [-0.2, -0.15) is 0 Å². The van der Waals surface area contributed by atoms with Gasteiger partial charge >= 0.3 is 0 Å². The molecular weight excluding hydrogens is 344 g/mol. The number of fused-ring (bicyclic) bond motifs is 2. The Balaban J connectivity index is 1.41. The molecule has 27 heavy (non-hydrogen) atoms. The second-order valence-corrected chi connectivity index (χ2v) is 6.74. The Hall–Kier alpha value is -3.22. The van der Waals surface area contributed by atoms with Gasteiger partial charge in [-0.1, -0.05) is 0 Å². The topological polar surface area (TPSA) is 79.4 Å². The molecule has 0 aliphatic carbocycles. The second-order valence-electron chi connectivity index (χ2n) is 6.74. The Morgan fingerprint density at radius 1 is 1.37 bits per heavy atom. The third-order valence-corrected chi connectivity index (χ3v) is 5.18. The standard InChI is InChI=1S/C20H22N4O3/c1-23-18(12-24-9-3-4-17(24)20(23)26)19(25)21-8-7-13-11-22-16-6-5-14(27-2)10-15(13)16/h3-6,9-11,18,22H,7-8,12H2,1-2H3,(H,21,25). The van der Waals surface area contributed by atoms with Gasteiger partial charge in [-0.25, -0.2) is 0 Å². The van der Waals surface area contributed by atoms with Crippen molar-refractivity contribution in [2.45, 2.75) is 19.0 Å². The first kappa shape index (κ1) is 17.2. The Kier molecular flexibility index (Phi) is 4.35. The van der Waals surface area contributed by atoms with Gasteiger partial charge in [-0.05, 0) is 42.3 Å². The average molecular weight is 366 g/mol. The lowest BCUT2D eigenvalue weighted by Crippen LogP contribution is -2.53. The number of hydrogen-bond donors (Lipinski definition) is 2. The predicted molar refractivity (Wildman–Crippen MR) is 102 cm³/mol. The number of rotatable bonds is 5. The lowest BCUT2D eigenvalue weighted by atomic mass is 10.1. The Bertz CT molecular complexity index is 1000. The summed E-state index contributed by atoms with van der Waals surface area (Å²) in [6.07, 6.45) is 4.48. The lowest BCUT2D eigenvalue weighted by Gasteiger charge is -2.32. The van der Waals surface area contributed by atoms with Crippen molar-refractivity contribution < 1.29 is 14.3 Å². The molecule has 0 bridgehead atoms. The summed E-state index contributed by atoms with van der Waals surface area (Å²) in [7, 11) is 3.32. The molecule has 0 fully saturated rings. The van der Waals surface area contributed by atoms with Gasteiger partial charge in [0.05, 0.1) is 13.7 Å². The zero-order valence-corrected chi connectivity index (χ0v) is 15.4. The van der Waals surface area contributed by atoms with Crippen molar-refractivity contribution in [2.75, 3.05) is 20.7 Å². The number of ether oxygens (including phenoxy) is 1. The first-order valence-electron chi connectivity index (χ1n) is 8.92. The van der Waals surface area contributed by atoms with Crippen molar-refractivity contribution in [1.29, 1.82) is 0 Å². The maximum absolute atomic E-state index is 12.6. The van der Waals surface area contributed by atoms with Crippen LogP contribution in [0.2, 0.25) is 0 Å². The number of nitrogens with one attached hydrogen (secondary N) is 2. The number of benzene rings is 1. The number of H-pyrrole nitrogens is 1. The van der Waals surface area contributed by atoms with E-state index < -0.39 is 6.04 Å². The molecule has 1 aliphatic rings. The number of methoxy groups -OCH3 is 1. The molecule has 7 heteroatoms. The predicted octanol–water partition coefficient (Wildman–Crippen LogP) is 1.79. The van der Waals surface area contributed by atoms with Crippen LogP contribution in [-0.2, 0) is 17.8 Å². The molecule has 3 heterocycles. The van der Waals surface area contributed by atoms with Crippen molar-refractivity contribution in [3.8, 4) is 5.75 Å². The van der Waals surface area contributed by atoms with E-state index >= 15 is 0 Å². The average Bonchev–Trinajstić information content (AvgIpc) is 3.31. The van der Waals surface area contributed by atoms with Crippen molar-refractivity contribution in [1.82, 2.24) is 19.8 Å². The van der Waals surface area contributed by atoms with Crippen LogP contribution in [0.4, 0.5) is 0 Å². The van der Waals surface area contributed by atoms with E-state index in [4.69, 9.17) is 4.74 Å². The number of amides is 2. The molecule has 7 nitrogen and oxygen atoms in total. The van der Waals surface area contributed by atoms with Crippen LogP contribution in [0.3, 0.4) is 0 Å². The van der Waals surface area contributed by atoms with Crippen molar-refractivity contribution in [3.63, 3.8) is 0 Å². The van der Waals surface area contributed by atoms with E-state index in [1.165, 1.54) is 4.90 Å². The number of likely N-dealkylation sites (N-methyl/N-ethyl adjacent to an activating group) is 1. The van der Waals surface area contributed by atoms with Crippen LogP contribution in [0.5, 0.6) is 5.75 Å². The number of carbonyl (C=O) groups excluding carboxylic acids is 2. The molecule has 1 atom stereocenters. The fourth-order valence-electron chi connectivity index (χ4n) is 3.59. The highest BCUT2D eigenvalue weighted by atomic mass is 16.5. The molecule has 0 saturated heterocycles. The number of carbonyl (C=O) groups is 2. The molecule has 1 unspecified atom stereocenters. The summed E-state index contributed by atoms with van der Waals surface area (Å²) in [5, 5.41) is 4.06. The molecule has 1 aromatic carbocycles. The van der Waals surface area contributed by atoms with Gasteiger partial charge in [-0.15, -0.1) is 0 Å². The van der Waals surface area contributed by atoms with Crippen LogP contribution in [-0.4, -0.2) is 53.0 Å². The van der Waals surface area contributed by atoms with Gasteiger partial charge in [0.25, 0.3) is 5.91 Å². The Morgan fingerprint density at radius 2 is 2.22 bits per heavy atom. The summed E-state index contributed by atoms with van der Waals surface area (Å²) in [5.74, 6) is 0.537. The quantitative estimate of drug-likeness (QED) is 0.723. The Morgan fingerprint density at radius 3 is 3.04 bits per heavy atom. The summed E-state index contributed by atoms with van der Waals surface area (Å²) in [4.78, 5) is 29.8. The molecule has 0 saturated carbocycles. The fraction of sp³-hybridized carbons (Fsp3) is 0.300. The van der Waals surface area contributed by atoms with Gasteiger partial charge in [0.1, 0.15) is 17.5 Å². The van der Waals surface area contributed by atoms with Gasteiger partial charge in [-0.3, -0.25) is 9.59 Å². The molecule has 2 amide bonds. The summed E-state index contributed by atoms with van der Waals surface area (Å²) in [6.45, 7) is 0.973. The summed E-state index contributed by atoms with van der Waals surface area (Å²) >= 11 is 0. The first-order chi connectivity index (χ1) is 13.1. The smallest absolute Gasteiger partial charge is 0.270 e. The minimum absolute atomic E-state index is 0.130. The zero-order valence-electron chi connectivity index (χ0n) is 15.4. The van der Waals surface area contributed by atoms with Crippen LogP contribution in [0.1, 0.15) is 16.1 Å². The highest BCUT2D eigenvalue weighted by Crippen LogP contribution is 2.24. The maximum atomic E-state index is 12.6. The zero-order chi connectivity index (χ0) is 19.0. The van der Waals surface area contributed by atoms with Crippen LogP contribution in [0.15, 0.2) is 42.7 Å². The van der Waals surface area contributed by atoms with E-state index in [0.717, 1.165) is 22.2 Å². The molecule has 4 rings (SSSR count). The minimum Gasteiger partial charge on any atom is -0.497 e. The number of nitrogens with zero attached hydrogens (tertiary/aromatic N) is 2. The lowest BCUT2D eigenvalue weighted by molar-refractivity contribution is -0.126. The molecule has 1 aliphatic heterocycles. The van der Waals surface area contributed by atoms with Crippen molar-refractivity contribution in [2.24, 2.45) is 0 Å². The molecule has 140 valence electrons. The third kappa shape index (κ3) is 3.05. The van der Waals surface area contributed by atoms with E-state index in [9.17, 15) is 9.59 Å². The van der Waals surface area contributed by atoms with Crippen LogP contribution < -0.4 is 10.1 Å². The van der Waals surface area contributed by atoms with E-state index in [1.807, 2.05) is 41.2 Å². The van der Waals surface area contributed by atoms with E-state index in [1.54, 1.807) is 20.2 Å². The molecule has 2 aromatic heterocycles. The summed E-state index contributed by atoms with van der Waals surface area (Å²) < 4.78 is 7.12. The molecule has 0 spiro atoms. The van der Waals surface area contributed by atoms with Gasteiger partial charge < -0.3 is 24.5 Å². The van der Waals surface area contributed by atoms with Crippen molar-refractivity contribution >= 4 is 22.7 Å². The molecular formula is C20H22N4O3. The number of aromatic nitrogens is 2. The van der Waals surface area contributed by atoms with E-state index in [2.05, 4.69) is 10.3 Å². The second kappa shape index (κ2) is 6.83. The number of hydrogen-bond acceptors (Lipinski definition) is 3. The maximum Gasteiger partial charge on any atom is 0.270 e. The first-order valence-corrected chi connectivity index (χ1v) is 8.92. The largest absolute Gasteiger partial charge is 0.497 e. The number of aromatic amines is 1. The van der Waals surface area contributed by atoms with Gasteiger partial charge in [0.15, 0.2) is 0 Å². The van der Waals surface area contributed by atoms with Crippen LogP contribution >= 0.6 is 0 Å². The SMILES string of the molecule is COc1ccc2[nH]cc(CCNC(=O)C3Cn4cccc4C(=O)N3C)c2c1. The summed E-state index contributed by atoms with van der Waals surface area (Å²) in [5.41, 5.74) is 2.77. The van der Waals surface area contributed by atoms with Crippen LogP contribution in [0.25, 0.3) is 10.9 Å². The third-order valence-electron chi connectivity index (χ3n) is 5.18. The fourth-order valence-corrected chi connectivity index (χ4v) is 3.59. The highest BCUT2D eigenvalue weighted by Gasteiger charge is 2.33. The normalized spacial score (nSPS) is 16.4. The minimum atomic E-state index is -0.500. The van der Waals surface area contributed by atoms with Gasteiger partial charge in [0, 0.05) is 36.9 Å². The molecule has 0 radical (unpaired) electrons. The monoisotopic (exact) mass is 366 g/mol. The van der Waals surface area contributed by atoms with E-state index in [0.29, 0.717) is 25.2 Å².